The van der Waals surface area contributed by atoms with Gasteiger partial charge in [-0.15, -0.1) is 0 Å². The maximum Gasteiger partial charge on any atom is 0.0558 e. The fraction of sp³-hybridized carbons (Fsp3) is 0.364. The van der Waals surface area contributed by atoms with E-state index in [-0.39, 0.29) is 0 Å². The molecule has 2 aromatic rings. The van der Waals surface area contributed by atoms with Crippen LogP contribution in [0.15, 0.2) is 71.8 Å². The van der Waals surface area contributed by atoms with Crippen LogP contribution >= 0.6 is 0 Å². The number of hydrogen-bond donors (Lipinski definition) is 0. The van der Waals surface area contributed by atoms with Gasteiger partial charge in [-0.1, -0.05) is 66.2 Å². The van der Waals surface area contributed by atoms with Crippen LogP contribution < -0.4 is 0 Å². The summed E-state index contributed by atoms with van der Waals surface area (Å²) in [6.07, 6.45) is 6.25. The Bertz CT molecular complexity index is 640. The van der Waals surface area contributed by atoms with Gasteiger partial charge in [-0.25, -0.2) is 0 Å². The Morgan fingerprint density at radius 1 is 0.826 bits per heavy atom. The molecule has 0 spiro atoms. The highest BCUT2D eigenvalue weighted by Crippen LogP contribution is 2.38. The Kier molecular flexibility index (Phi) is 5.30. The van der Waals surface area contributed by atoms with Crippen molar-refractivity contribution in [1.29, 1.82) is 0 Å². The molecule has 0 aromatic heterocycles. The zero-order chi connectivity index (χ0) is 16.1. The van der Waals surface area contributed by atoms with Gasteiger partial charge in [0.05, 0.1) is 6.04 Å². The standard InChI is InChI=1S/C22H27N/c1-23(2)22(19-13-7-4-8-14-19)21-16-10-9-15-20(21)17-18-11-5-3-6-12-18/h3-8,11-14,22H,9-10,15-17H2,1-2H3. The molecule has 120 valence electrons. The average molecular weight is 305 g/mol. The van der Waals surface area contributed by atoms with E-state index in [1.165, 1.54) is 36.8 Å². The summed E-state index contributed by atoms with van der Waals surface area (Å²) in [6, 6.07) is 22.3. The molecule has 0 saturated carbocycles. The van der Waals surface area contributed by atoms with E-state index in [9.17, 15) is 0 Å². The number of likely N-dealkylation sites (N-methyl/N-ethyl adjacent to an activating group) is 1. The van der Waals surface area contributed by atoms with Crippen LogP contribution in [-0.4, -0.2) is 19.0 Å². The first-order chi connectivity index (χ1) is 11.3. The lowest BCUT2D eigenvalue weighted by atomic mass is 9.82. The molecule has 1 aliphatic carbocycles. The molecular formula is C22H27N. The van der Waals surface area contributed by atoms with Gasteiger partial charge in [0.2, 0.25) is 0 Å². The fourth-order valence-corrected chi connectivity index (χ4v) is 3.81. The normalized spacial score (nSPS) is 16.7. The van der Waals surface area contributed by atoms with Gasteiger partial charge in [0.25, 0.3) is 0 Å². The zero-order valence-electron chi connectivity index (χ0n) is 14.3. The van der Waals surface area contributed by atoms with Gasteiger partial charge in [0, 0.05) is 0 Å². The minimum atomic E-state index is 0.412. The van der Waals surface area contributed by atoms with E-state index in [4.69, 9.17) is 0 Å². The molecule has 0 heterocycles. The summed E-state index contributed by atoms with van der Waals surface area (Å²) in [6.45, 7) is 0. The van der Waals surface area contributed by atoms with Crippen molar-refractivity contribution in [2.75, 3.05) is 14.1 Å². The summed E-state index contributed by atoms with van der Waals surface area (Å²) in [5.41, 5.74) is 6.16. The van der Waals surface area contributed by atoms with Crippen LogP contribution in [-0.2, 0) is 6.42 Å². The molecular weight excluding hydrogens is 278 g/mol. The molecule has 1 unspecified atom stereocenters. The van der Waals surface area contributed by atoms with Gasteiger partial charge in [0.15, 0.2) is 0 Å². The molecule has 2 aromatic carbocycles. The number of nitrogens with zero attached hydrogens (tertiary/aromatic N) is 1. The second-order valence-corrected chi connectivity index (χ2v) is 6.78. The third kappa shape index (κ3) is 3.92. The summed E-state index contributed by atoms with van der Waals surface area (Å²) in [7, 11) is 4.42. The van der Waals surface area contributed by atoms with E-state index in [0.29, 0.717) is 6.04 Å². The molecule has 1 aliphatic rings. The Balaban J connectivity index is 1.97. The second kappa shape index (κ2) is 7.61. The molecule has 0 fully saturated rings. The molecule has 0 N–H and O–H groups in total. The smallest absolute Gasteiger partial charge is 0.0558 e. The van der Waals surface area contributed by atoms with Crippen molar-refractivity contribution in [3.8, 4) is 0 Å². The largest absolute Gasteiger partial charge is 0.299 e. The first-order valence-corrected chi connectivity index (χ1v) is 8.72. The molecule has 0 radical (unpaired) electrons. The van der Waals surface area contributed by atoms with Gasteiger partial charge in [-0.3, -0.25) is 4.90 Å². The van der Waals surface area contributed by atoms with Crippen molar-refractivity contribution in [1.82, 2.24) is 4.90 Å². The molecule has 23 heavy (non-hydrogen) atoms. The van der Waals surface area contributed by atoms with E-state index in [1.807, 2.05) is 0 Å². The van der Waals surface area contributed by atoms with Gasteiger partial charge >= 0.3 is 0 Å². The first kappa shape index (κ1) is 16.0. The van der Waals surface area contributed by atoms with Gasteiger partial charge in [-0.2, -0.15) is 0 Å². The fourth-order valence-electron chi connectivity index (χ4n) is 3.81. The second-order valence-electron chi connectivity index (χ2n) is 6.78. The Hall–Kier alpha value is -1.86. The van der Waals surface area contributed by atoms with E-state index >= 15 is 0 Å². The van der Waals surface area contributed by atoms with E-state index in [0.717, 1.165) is 6.42 Å². The number of allylic oxidation sites excluding steroid dienone is 1. The maximum absolute atomic E-state index is 2.38. The lowest BCUT2D eigenvalue weighted by Gasteiger charge is -2.32. The molecule has 0 amide bonds. The van der Waals surface area contributed by atoms with Gasteiger partial charge < -0.3 is 0 Å². The molecule has 1 heteroatoms. The first-order valence-electron chi connectivity index (χ1n) is 8.72. The third-order valence-electron chi connectivity index (χ3n) is 4.85. The summed E-state index contributed by atoms with van der Waals surface area (Å²) in [5, 5.41) is 0. The number of hydrogen-bond acceptors (Lipinski definition) is 1. The van der Waals surface area contributed by atoms with Crippen LogP contribution in [0.1, 0.15) is 42.9 Å². The quantitative estimate of drug-likeness (QED) is 0.668. The van der Waals surface area contributed by atoms with Gasteiger partial charge in [-0.05, 0) is 62.9 Å². The topological polar surface area (TPSA) is 3.24 Å². The van der Waals surface area contributed by atoms with Crippen molar-refractivity contribution in [2.45, 2.75) is 38.1 Å². The highest BCUT2D eigenvalue weighted by atomic mass is 15.1. The Morgan fingerprint density at radius 3 is 2.09 bits per heavy atom. The molecule has 0 bridgehead atoms. The maximum atomic E-state index is 2.38. The SMILES string of the molecule is CN(C)C(C1=C(Cc2ccccc2)CCCC1)c1ccccc1. The van der Waals surface area contributed by atoms with Crippen LogP contribution in [0.2, 0.25) is 0 Å². The molecule has 0 saturated heterocycles. The predicted octanol–water partition coefficient (Wildman–Crippen LogP) is 5.40. The van der Waals surface area contributed by atoms with E-state index in [2.05, 4.69) is 79.7 Å². The van der Waals surface area contributed by atoms with Crippen LogP contribution in [0.3, 0.4) is 0 Å². The molecule has 3 rings (SSSR count). The highest BCUT2D eigenvalue weighted by molar-refractivity contribution is 5.35. The highest BCUT2D eigenvalue weighted by Gasteiger charge is 2.24. The van der Waals surface area contributed by atoms with Crippen LogP contribution in [0, 0.1) is 0 Å². The summed E-state index contributed by atoms with van der Waals surface area (Å²) in [4.78, 5) is 2.38. The minimum absolute atomic E-state index is 0.412. The number of rotatable bonds is 5. The Labute approximate surface area is 140 Å². The summed E-state index contributed by atoms with van der Waals surface area (Å²) >= 11 is 0. The molecule has 1 atom stereocenters. The number of benzene rings is 2. The summed E-state index contributed by atoms with van der Waals surface area (Å²) in [5.74, 6) is 0. The lowest BCUT2D eigenvalue weighted by molar-refractivity contribution is 0.323. The summed E-state index contributed by atoms with van der Waals surface area (Å²) < 4.78 is 0. The van der Waals surface area contributed by atoms with Crippen molar-refractivity contribution in [3.63, 3.8) is 0 Å². The molecule has 0 aliphatic heterocycles. The van der Waals surface area contributed by atoms with Crippen molar-refractivity contribution in [3.05, 3.63) is 82.9 Å². The van der Waals surface area contributed by atoms with Crippen molar-refractivity contribution in [2.24, 2.45) is 0 Å². The Morgan fingerprint density at radius 2 is 1.43 bits per heavy atom. The van der Waals surface area contributed by atoms with Crippen molar-refractivity contribution >= 4 is 0 Å². The van der Waals surface area contributed by atoms with Crippen molar-refractivity contribution < 1.29 is 0 Å². The third-order valence-corrected chi connectivity index (χ3v) is 4.85. The minimum Gasteiger partial charge on any atom is -0.299 e. The zero-order valence-corrected chi connectivity index (χ0v) is 14.3. The van der Waals surface area contributed by atoms with E-state index in [1.54, 1.807) is 11.1 Å². The average Bonchev–Trinajstić information content (AvgIpc) is 2.58. The molecule has 1 nitrogen and oxygen atoms in total. The monoisotopic (exact) mass is 305 g/mol. The van der Waals surface area contributed by atoms with Gasteiger partial charge in [0.1, 0.15) is 0 Å². The predicted molar refractivity (Wildman–Crippen MR) is 98.5 cm³/mol. The van der Waals surface area contributed by atoms with Crippen LogP contribution in [0.4, 0.5) is 0 Å². The van der Waals surface area contributed by atoms with Crippen LogP contribution in [0.25, 0.3) is 0 Å². The van der Waals surface area contributed by atoms with Crippen LogP contribution in [0.5, 0.6) is 0 Å². The van der Waals surface area contributed by atoms with E-state index < -0.39 is 0 Å². The lowest BCUT2D eigenvalue weighted by Crippen LogP contribution is -2.24.